The predicted molar refractivity (Wildman–Crippen MR) is 84.4 cm³/mol. The van der Waals surface area contributed by atoms with Crippen molar-refractivity contribution in [3.63, 3.8) is 0 Å². The first kappa shape index (κ1) is 21.5. The third-order valence-corrected chi connectivity index (χ3v) is 4.67. The molecular weight excluding hydrogens is 402 g/mol. The Balaban J connectivity index is 1.89. The lowest BCUT2D eigenvalue weighted by Gasteiger charge is -2.34. The molecule has 1 saturated heterocycles. The number of halogens is 6. The molecule has 1 aromatic carbocycles. The highest BCUT2D eigenvalue weighted by Crippen LogP contribution is 2.36. The van der Waals surface area contributed by atoms with Gasteiger partial charge in [-0.1, -0.05) is 6.07 Å². The van der Waals surface area contributed by atoms with Crippen LogP contribution in [0.15, 0.2) is 29.2 Å². The van der Waals surface area contributed by atoms with Gasteiger partial charge in [0.05, 0.1) is 7.11 Å². The van der Waals surface area contributed by atoms with Crippen molar-refractivity contribution in [3.05, 3.63) is 24.3 Å². The largest absolute Gasteiger partial charge is 0.497 e. The molecule has 0 atom stereocenters. The molecule has 0 aliphatic carbocycles. The normalized spacial score (nSPS) is 16.5. The third-order valence-electron chi connectivity index (χ3n) is 3.59. The number of benzene rings is 1. The quantitative estimate of drug-likeness (QED) is 0.547. The van der Waals surface area contributed by atoms with E-state index in [-0.39, 0.29) is 26.2 Å². The Hall–Kier alpha value is -1.82. The van der Waals surface area contributed by atoms with Gasteiger partial charge in [0.2, 0.25) is 0 Å². The van der Waals surface area contributed by atoms with E-state index in [1.165, 1.54) is 19.1 Å². The maximum absolute atomic E-state index is 12.5. The number of carbonyl (C=O) groups excluding carboxylic acids is 1. The topological polar surface area (TPSA) is 42.0 Å². The lowest BCUT2D eigenvalue weighted by molar-refractivity contribution is -0.308. The summed E-state index contributed by atoms with van der Waals surface area (Å²) in [6.07, 6.45) is -17.2. The molecule has 0 N–H and O–H groups in total. The molecule has 5 nitrogen and oxygen atoms in total. The minimum atomic E-state index is -5.72. The average Bonchev–Trinajstić information content (AvgIpc) is 2.58. The van der Waals surface area contributed by atoms with Crippen LogP contribution >= 0.6 is 11.9 Å². The molecule has 0 saturated carbocycles. The van der Waals surface area contributed by atoms with Crippen molar-refractivity contribution in [2.75, 3.05) is 33.3 Å². The van der Waals surface area contributed by atoms with E-state index in [1.807, 2.05) is 10.4 Å². The van der Waals surface area contributed by atoms with Gasteiger partial charge in [-0.2, -0.15) is 26.3 Å². The van der Waals surface area contributed by atoms with Gasteiger partial charge in [0.25, 0.3) is 6.10 Å². The Kier molecular flexibility index (Phi) is 6.73. The number of methoxy groups -OCH3 is 1. The van der Waals surface area contributed by atoms with E-state index in [4.69, 9.17) is 4.74 Å². The third kappa shape index (κ3) is 6.09. The first-order valence-corrected chi connectivity index (χ1v) is 8.44. The molecule has 0 radical (unpaired) electrons. The second kappa shape index (κ2) is 8.46. The van der Waals surface area contributed by atoms with Crippen LogP contribution in [0.25, 0.3) is 0 Å². The Morgan fingerprint density at radius 3 is 2.19 bits per heavy atom. The smallest absolute Gasteiger partial charge is 0.434 e. The zero-order chi connectivity index (χ0) is 20.2. The summed E-state index contributed by atoms with van der Waals surface area (Å²) in [5.41, 5.74) is 0. The van der Waals surface area contributed by atoms with Crippen molar-refractivity contribution in [1.29, 1.82) is 0 Å². The van der Waals surface area contributed by atoms with Gasteiger partial charge in [-0.25, -0.2) is 9.10 Å². The molecule has 1 amide bonds. The molecular formula is C15H16F6N2O3S. The van der Waals surface area contributed by atoms with Gasteiger partial charge in [0.1, 0.15) is 5.75 Å². The summed E-state index contributed by atoms with van der Waals surface area (Å²) >= 11 is 1.34. The highest BCUT2D eigenvalue weighted by Gasteiger charge is 2.60. The fourth-order valence-electron chi connectivity index (χ4n) is 2.26. The van der Waals surface area contributed by atoms with Crippen LogP contribution in [-0.4, -0.2) is 67.0 Å². The predicted octanol–water partition coefficient (Wildman–Crippen LogP) is 3.95. The average molecular weight is 418 g/mol. The van der Waals surface area contributed by atoms with Crippen molar-refractivity contribution in [2.45, 2.75) is 23.4 Å². The van der Waals surface area contributed by atoms with Crippen LogP contribution in [0.5, 0.6) is 5.75 Å². The number of carbonyl (C=O) groups is 1. The zero-order valence-electron chi connectivity index (χ0n) is 14.0. The Morgan fingerprint density at radius 2 is 1.67 bits per heavy atom. The number of ether oxygens (including phenoxy) is 2. The SMILES string of the molecule is COc1cccc(SN2CCN(C(=O)OC(C(F)(F)F)C(F)(F)F)CC2)c1. The fourth-order valence-corrected chi connectivity index (χ4v) is 3.22. The van der Waals surface area contributed by atoms with Gasteiger partial charge in [-0.15, -0.1) is 0 Å². The number of hydrogen-bond acceptors (Lipinski definition) is 5. The van der Waals surface area contributed by atoms with Gasteiger partial charge < -0.3 is 14.4 Å². The van der Waals surface area contributed by atoms with Crippen LogP contribution in [0.2, 0.25) is 0 Å². The molecule has 1 aliphatic heterocycles. The minimum Gasteiger partial charge on any atom is -0.497 e. The standard InChI is InChI=1S/C15H16F6N2O3S/c1-25-10-3-2-4-11(9-10)27-23-7-5-22(6-8-23)13(24)26-12(14(16,17)18)15(19,20)21/h2-4,9,12H,5-8H2,1H3. The molecule has 1 aromatic rings. The van der Waals surface area contributed by atoms with Crippen LogP contribution in [0.4, 0.5) is 31.1 Å². The Labute approximate surface area is 155 Å². The lowest BCUT2D eigenvalue weighted by Crippen LogP contribution is -2.51. The summed E-state index contributed by atoms with van der Waals surface area (Å²) < 4.78 is 85.5. The lowest BCUT2D eigenvalue weighted by atomic mass is 10.3. The Bertz CT molecular complexity index is 633. The summed E-state index contributed by atoms with van der Waals surface area (Å²) in [6, 6.07) is 7.15. The van der Waals surface area contributed by atoms with Crippen LogP contribution in [-0.2, 0) is 4.74 Å². The molecule has 2 rings (SSSR count). The molecule has 1 aliphatic rings. The van der Waals surface area contributed by atoms with E-state index in [1.54, 1.807) is 18.2 Å². The van der Waals surface area contributed by atoms with E-state index < -0.39 is 24.5 Å². The number of nitrogens with zero attached hydrogens (tertiary/aromatic N) is 2. The summed E-state index contributed by atoms with van der Waals surface area (Å²) in [6.45, 7) is 0.385. The zero-order valence-corrected chi connectivity index (χ0v) is 14.8. The van der Waals surface area contributed by atoms with E-state index in [0.717, 1.165) is 9.80 Å². The molecule has 152 valence electrons. The fraction of sp³-hybridized carbons (Fsp3) is 0.533. The highest BCUT2D eigenvalue weighted by molar-refractivity contribution is 7.97. The maximum Gasteiger partial charge on any atom is 0.434 e. The first-order valence-electron chi connectivity index (χ1n) is 7.66. The van der Waals surface area contributed by atoms with Crippen LogP contribution in [0.1, 0.15) is 0 Å². The number of alkyl halides is 6. The minimum absolute atomic E-state index is 0.0573. The molecule has 0 aromatic heterocycles. The van der Waals surface area contributed by atoms with E-state index in [2.05, 4.69) is 4.74 Å². The van der Waals surface area contributed by atoms with Gasteiger partial charge in [0.15, 0.2) is 0 Å². The summed E-state index contributed by atoms with van der Waals surface area (Å²) in [7, 11) is 1.52. The molecule has 1 fully saturated rings. The second-order valence-corrected chi connectivity index (χ2v) is 6.70. The molecule has 12 heteroatoms. The van der Waals surface area contributed by atoms with E-state index in [9.17, 15) is 31.1 Å². The Morgan fingerprint density at radius 1 is 1.07 bits per heavy atom. The number of rotatable bonds is 4. The van der Waals surface area contributed by atoms with Crippen molar-refractivity contribution in [3.8, 4) is 5.75 Å². The van der Waals surface area contributed by atoms with E-state index in [0.29, 0.717) is 5.75 Å². The number of piperazine rings is 1. The van der Waals surface area contributed by atoms with Crippen molar-refractivity contribution >= 4 is 18.0 Å². The maximum atomic E-state index is 12.5. The van der Waals surface area contributed by atoms with Gasteiger partial charge in [-0.05, 0) is 30.1 Å². The molecule has 0 bridgehead atoms. The summed E-state index contributed by atoms with van der Waals surface area (Å²) in [5, 5.41) is 0. The van der Waals surface area contributed by atoms with Crippen molar-refractivity contribution in [2.24, 2.45) is 0 Å². The van der Waals surface area contributed by atoms with Gasteiger partial charge >= 0.3 is 18.4 Å². The van der Waals surface area contributed by atoms with Gasteiger partial charge in [0, 0.05) is 31.1 Å². The second-order valence-electron chi connectivity index (χ2n) is 5.53. The van der Waals surface area contributed by atoms with Crippen LogP contribution in [0.3, 0.4) is 0 Å². The molecule has 1 heterocycles. The molecule has 0 unspecified atom stereocenters. The van der Waals surface area contributed by atoms with Crippen LogP contribution < -0.4 is 4.74 Å². The summed E-state index contributed by atoms with van der Waals surface area (Å²) in [5.74, 6) is 0.646. The van der Waals surface area contributed by atoms with Crippen molar-refractivity contribution < 1.29 is 40.6 Å². The monoisotopic (exact) mass is 418 g/mol. The number of hydrogen-bond donors (Lipinski definition) is 0. The van der Waals surface area contributed by atoms with E-state index >= 15 is 0 Å². The first-order chi connectivity index (χ1) is 12.5. The number of amides is 1. The van der Waals surface area contributed by atoms with Crippen LogP contribution in [0, 0.1) is 0 Å². The molecule has 0 spiro atoms. The highest BCUT2D eigenvalue weighted by atomic mass is 32.2. The molecule has 27 heavy (non-hydrogen) atoms. The summed E-state index contributed by atoms with van der Waals surface area (Å²) in [4.78, 5) is 13.4. The van der Waals surface area contributed by atoms with Crippen molar-refractivity contribution in [1.82, 2.24) is 9.21 Å². The van der Waals surface area contributed by atoms with Gasteiger partial charge in [-0.3, -0.25) is 0 Å².